The summed E-state index contributed by atoms with van der Waals surface area (Å²) in [4.78, 5) is 0. The Morgan fingerprint density at radius 2 is 1.30 bits per heavy atom. The third-order valence-electron chi connectivity index (χ3n) is 9.49. The molecule has 0 aromatic heterocycles. The zero-order chi connectivity index (χ0) is 33.1. The summed E-state index contributed by atoms with van der Waals surface area (Å²) < 4.78 is 30.2. The molecule has 0 saturated carbocycles. The molecular weight excluding hydrogens is 578 g/mol. The summed E-state index contributed by atoms with van der Waals surface area (Å²) in [6.45, 7) is 13.5. The fraction of sp³-hybridized carbons (Fsp3) is 0.200. The van der Waals surface area contributed by atoms with Crippen LogP contribution in [-0.4, -0.2) is 0 Å². The number of benzene rings is 5. The average molecular weight is 619 g/mol. The monoisotopic (exact) mass is 618 g/mol. The van der Waals surface area contributed by atoms with Crippen LogP contribution in [0, 0.1) is 11.6 Å². The van der Waals surface area contributed by atoms with Crippen LogP contribution in [0.3, 0.4) is 0 Å². The third kappa shape index (κ3) is 5.40. The zero-order valence-corrected chi connectivity index (χ0v) is 28.0. The molecule has 7 rings (SSSR count). The lowest BCUT2D eigenvalue weighted by molar-refractivity contribution is 0.506. The van der Waals surface area contributed by atoms with Gasteiger partial charge in [0.2, 0.25) is 0 Å². The van der Waals surface area contributed by atoms with Crippen LogP contribution in [-0.2, 0) is 10.8 Å². The molecule has 2 aliphatic rings. The van der Waals surface area contributed by atoms with Crippen LogP contribution in [0.5, 0.6) is 0 Å². The normalized spacial score (nSPS) is 13.9. The van der Waals surface area contributed by atoms with Gasteiger partial charge < -0.3 is 0 Å². The van der Waals surface area contributed by atoms with Crippen molar-refractivity contribution in [2.75, 3.05) is 0 Å². The van der Waals surface area contributed by atoms with E-state index >= 15 is 4.39 Å². The van der Waals surface area contributed by atoms with E-state index in [1.165, 1.54) is 33.9 Å². The lowest BCUT2D eigenvalue weighted by Gasteiger charge is -2.28. The molecule has 0 fully saturated rings. The molecule has 0 amide bonds. The minimum atomic E-state index is -0.831. The highest BCUT2D eigenvalue weighted by atomic mass is 19.2. The van der Waals surface area contributed by atoms with Crippen LogP contribution in [0.2, 0.25) is 0 Å². The Labute approximate surface area is 277 Å². The summed E-state index contributed by atoms with van der Waals surface area (Å²) in [5.41, 5.74) is 12.4. The molecule has 2 heteroatoms. The molecule has 0 N–H and O–H groups in total. The molecule has 0 heterocycles. The Morgan fingerprint density at radius 1 is 0.638 bits per heavy atom. The highest BCUT2D eigenvalue weighted by Crippen LogP contribution is 2.42. The Hall–Kier alpha value is -4.82. The van der Waals surface area contributed by atoms with Crippen LogP contribution in [0.4, 0.5) is 8.78 Å². The second kappa shape index (κ2) is 11.5. The molecule has 5 aromatic carbocycles. The summed E-state index contributed by atoms with van der Waals surface area (Å²) in [7, 11) is 0. The van der Waals surface area contributed by atoms with Gasteiger partial charge in [-0.3, -0.25) is 0 Å². The molecule has 0 aliphatic heterocycles. The fourth-order valence-electron chi connectivity index (χ4n) is 7.30. The number of rotatable bonds is 4. The first kappa shape index (κ1) is 30.8. The summed E-state index contributed by atoms with van der Waals surface area (Å²) in [5, 5.41) is 2.30. The van der Waals surface area contributed by atoms with E-state index in [0.29, 0.717) is 12.0 Å². The van der Waals surface area contributed by atoms with E-state index in [2.05, 4.69) is 139 Å². The SMILES string of the molecule is CC(C)(C)c1ccc2c(c1)C=c1c-2cc(=C(c2ccccc2)c2ccccc2)c(C(C)(C)C)c1C1=C(c2cccc(F)c2F)C=CC1. The van der Waals surface area contributed by atoms with E-state index in [-0.39, 0.29) is 10.8 Å². The van der Waals surface area contributed by atoms with E-state index in [1.54, 1.807) is 12.1 Å². The van der Waals surface area contributed by atoms with Gasteiger partial charge in [-0.2, -0.15) is 0 Å². The first-order valence-corrected chi connectivity index (χ1v) is 16.5. The Morgan fingerprint density at radius 3 is 1.91 bits per heavy atom. The number of hydrogen-bond acceptors (Lipinski definition) is 0. The Kier molecular flexibility index (Phi) is 7.51. The van der Waals surface area contributed by atoms with E-state index in [4.69, 9.17) is 0 Å². The minimum Gasteiger partial charge on any atom is -0.204 e. The number of fused-ring (bicyclic) bond motifs is 3. The van der Waals surface area contributed by atoms with Gasteiger partial charge in [0.25, 0.3) is 0 Å². The predicted octanol–water partition coefficient (Wildman–Crippen LogP) is 10.5. The number of halogens is 2. The van der Waals surface area contributed by atoms with Gasteiger partial charge in [0.1, 0.15) is 0 Å². The average Bonchev–Trinajstić information content (AvgIpc) is 3.67. The van der Waals surface area contributed by atoms with Gasteiger partial charge in [-0.25, -0.2) is 8.78 Å². The summed E-state index contributed by atoms with van der Waals surface area (Å²) in [5.74, 6) is -1.64. The molecule has 234 valence electrons. The molecule has 0 saturated heterocycles. The van der Waals surface area contributed by atoms with Crippen LogP contribution >= 0.6 is 0 Å². The van der Waals surface area contributed by atoms with E-state index in [9.17, 15) is 4.39 Å². The third-order valence-corrected chi connectivity index (χ3v) is 9.49. The maximum atomic E-state index is 15.5. The molecule has 2 aliphatic carbocycles. The van der Waals surface area contributed by atoms with Crippen molar-refractivity contribution in [3.63, 3.8) is 0 Å². The molecule has 0 spiro atoms. The summed E-state index contributed by atoms with van der Waals surface area (Å²) >= 11 is 0. The van der Waals surface area contributed by atoms with Gasteiger partial charge in [0.05, 0.1) is 0 Å². The number of hydrogen-bond donors (Lipinski definition) is 0. The molecule has 0 nitrogen and oxygen atoms in total. The maximum absolute atomic E-state index is 15.5. The maximum Gasteiger partial charge on any atom is 0.166 e. The lowest BCUT2D eigenvalue weighted by atomic mass is 9.75. The molecule has 0 radical (unpaired) electrons. The standard InChI is InChI=1S/C45H40F2/c1-44(2,3)31-23-24-32-30(25-31)26-37-36(32)27-38(40(28-15-9-7-10-16-28)29-17-11-8-12-18-29)42(45(4,5)6)41(37)34-20-13-19-33(34)35-21-14-22-39(46)43(35)47/h7-19,21-27H,20H2,1-6H3. The van der Waals surface area contributed by atoms with Crippen molar-refractivity contribution in [2.24, 2.45) is 0 Å². The van der Waals surface area contributed by atoms with Crippen molar-refractivity contribution >= 4 is 22.8 Å². The van der Waals surface area contributed by atoms with Gasteiger partial charge in [0, 0.05) is 5.56 Å². The topological polar surface area (TPSA) is 0 Å². The Balaban J connectivity index is 1.71. The second-order valence-electron chi connectivity index (χ2n) is 14.8. The van der Waals surface area contributed by atoms with Crippen molar-refractivity contribution in [3.05, 3.63) is 176 Å². The van der Waals surface area contributed by atoms with E-state index in [0.717, 1.165) is 43.8 Å². The first-order valence-electron chi connectivity index (χ1n) is 16.5. The zero-order valence-electron chi connectivity index (χ0n) is 28.0. The lowest BCUT2D eigenvalue weighted by Crippen LogP contribution is -2.32. The van der Waals surface area contributed by atoms with Crippen molar-refractivity contribution in [1.29, 1.82) is 0 Å². The quantitative estimate of drug-likeness (QED) is 0.184. The predicted molar refractivity (Wildman–Crippen MR) is 194 cm³/mol. The van der Waals surface area contributed by atoms with Crippen LogP contribution in [0.25, 0.3) is 33.9 Å². The summed E-state index contributed by atoms with van der Waals surface area (Å²) in [6, 6.07) is 34.9. The van der Waals surface area contributed by atoms with Gasteiger partial charge in [0.15, 0.2) is 11.6 Å². The second-order valence-corrected chi connectivity index (χ2v) is 14.8. The van der Waals surface area contributed by atoms with Gasteiger partial charge in [-0.1, -0.05) is 145 Å². The smallest absolute Gasteiger partial charge is 0.166 e. The molecule has 47 heavy (non-hydrogen) atoms. The van der Waals surface area contributed by atoms with E-state index < -0.39 is 11.6 Å². The van der Waals surface area contributed by atoms with Crippen LogP contribution in [0.15, 0.2) is 115 Å². The first-order chi connectivity index (χ1) is 22.4. The molecule has 0 unspecified atom stereocenters. The minimum absolute atomic E-state index is 0.00372. The van der Waals surface area contributed by atoms with Crippen molar-refractivity contribution in [2.45, 2.75) is 58.8 Å². The highest BCUT2D eigenvalue weighted by molar-refractivity contribution is 6.02. The molecule has 5 aromatic rings. The molecular formula is C45H40F2. The highest BCUT2D eigenvalue weighted by Gasteiger charge is 2.31. The van der Waals surface area contributed by atoms with Crippen LogP contribution < -0.4 is 10.4 Å². The fourth-order valence-corrected chi connectivity index (χ4v) is 7.30. The van der Waals surface area contributed by atoms with Crippen LogP contribution in [0.1, 0.15) is 86.9 Å². The summed E-state index contributed by atoms with van der Waals surface area (Å²) in [6.07, 6.45) is 7.01. The van der Waals surface area contributed by atoms with Gasteiger partial charge in [-0.05, 0) is 107 Å². The Bertz CT molecular complexity index is 2180. The largest absolute Gasteiger partial charge is 0.204 e. The van der Waals surface area contributed by atoms with Gasteiger partial charge in [-0.15, -0.1) is 0 Å². The number of allylic oxidation sites excluding steroid dienone is 4. The molecule has 0 bridgehead atoms. The van der Waals surface area contributed by atoms with Gasteiger partial charge >= 0.3 is 0 Å². The molecule has 0 atom stereocenters. The van der Waals surface area contributed by atoms with Crippen molar-refractivity contribution in [1.82, 2.24) is 0 Å². The van der Waals surface area contributed by atoms with E-state index in [1.807, 2.05) is 6.08 Å². The van der Waals surface area contributed by atoms with Crippen molar-refractivity contribution in [3.8, 4) is 11.1 Å². The van der Waals surface area contributed by atoms with Crippen molar-refractivity contribution < 1.29 is 8.78 Å².